The Labute approximate surface area is 174 Å². The highest BCUT2D eigenvalue weighted by atomic mass is 35.5. The van der Waals surface area contributed by atoms with E-state index in [1.54, 1.807) is 4.90 Å². The molecule has 2 aromatic rings. The lowest BCUT2D eigenvalue weighted by molar-refractivity contribution is 0.0661. The first-order valence-electron chi connectivity index (χ1n) is 10.3. The summed E-state index contributed by atoms with van der Waals surface area (Å²) in [6.45, 7) is 2.00. The smallest absolute Gasteiger partial charge is 0.283 e. The molecule has 1 aromatic heterocycles. The van der Waals surface area contributed by atoms with Gasteiger partial charge in [0, 0.05) is 13.1 Å². The summed E-state index contributed by atoms with van der Waals surface area (Å²) in [5, 5.41) is 3.76. The standard InChI is InChI=1S/C22H26ClF2N3O/c1-13(16-9-5-6-10-17(16)14-7-3-4-8-14)28(15-11-12-15)22(29)18-19(21(24)25)26-27(2)20(18)23/h5-6,9-10,13-15,21H,3-4,7-8,11-12H2,1-2H3. The highest BCUT2D eigenvalue weighted by molar-refractivity contribution is 6.33. The monoisotopic (exact) mass is 421 g/mol. The van der Waals surface area contributed by atoms with E-state index in [0.29, 0.717) is 5.92 Å². The van der Waals surface area contributed by atoms with Crippen LogP contribution in [0.15, 0.2) is 24.3 Å². The lowest BCUT2D eigenvalue weighted by Gasteiger charge is -2.32. The Hall–Kier alpha value is -1.95. The van der Waals surface area contributed by atoms with Crippen LogP contribution in [-0.4, -0.2) is 26.6 Å². The Bertz CT molecular complexity index is 903. The summed E-state index contributed by atoms with van der Waals surface area (Å²) in [6, 6.07) is 8.09. The molecule has 0 radical (unpaired) electrons. The third-order valence-corrected chi connectivity index (χ3v) is 6.69. The molecule has 0 N–H and O–H groups in total. The average Bonchev–Trinajstić information content (AvgIpc) is 3.27. The van der Waals surface area contributed by atoms with E-state index in [9.17, 15) is 13.6 Å². The lowest BCUT2D eigenvalue weighted by Crippen LogP contribution is -2.36. The number of benzene rings is 1. The highest BCUT2D eigenvalue weighted by Gasteiger charge is 2.41. The van der Waals surface area contributed by atoms with Gasteiger partial charge in [-0.1, -0.05) is 48.7 Å². The fourth-order valence-corrected chi connectivity index (χ4v) is 4.88. The number of alkyl halides is 2. The molecule has 156 valence electrons. The zero-order chi connectivity index (χ0) is 20.7. The van der Waals surface area contributed by atoms with Crippen LogP contribution in [0.4, 0.5) is 8.78 Å². The van der Waals surface area contributed by atoms with E-state index in [4.69, 9.17) is 11.6 Å². The van der Waals surface area contributed by atoms with E-state index in [1.165, 1.54) is 25.5 Å². The van der Waals surface area contributed by atoms with Crippen molar-refractivity contribution in [1.29, 1.82) is 0 Å². The number of carbonyl (C=O) groups is 1. The first kappa shape index (κ1) is 20.3. The van der Waals surface area contributed by atoms with Crippen molar-refractivity contribution in [1.82, 2.24) is 14.7 Å². The molecule has 1 aromatic carbocycles. The Morgan fingerprint density at radius 2 is 1.86 bits per heavy atom. The second kappa shape index (κ2) is 8.05. The minimum atomic E-state index is -2.85. The molecule has 1 amide bonds. The molecule has 1 atom stereocenters. The first-order valence-corrected chi connectivity index (χ1v) is 10.7. The molecular weight excluding hydrogens is 396 g/mol. The Morgan fingerprint density at radius 3 is 2.48 bits per heavy atom. The first-order chi connectivity index (χ1) is 13.9. The van der Waals surface area contributed by atoms with Gasteiger partial charge in [0.25, 0.3) is 12.3 Å². The van der Waals surface area contributed by atoms with Crippen LogP contribution in [0.5, 0.6) is 0 Å². The van der Waals surface area contributed by atoms with Crippen molar-refractivity contribution in [3.63, 3.8) is 0 Å². The maximum Gasteiger partial charge on any atom is 0.283 e. The molecule has 29 heavy (non-hydrogen) atoms. The van der Waals surface area contributed by atoms with Crippen LogP contribution >= 0.6 is 11.6 Å². The molecule has 2 aliphatic carbocycles. The highest BCUT2D eigenvalue weighted by Crippen LogP contribution is 2.42. The summed E-state index contributed by atoms with van der Waals surface area (Å²) in [4.78, 5) is 15.2. The summed E-state index contributed by atoms with van der Waals surface area (Å²) in [6.07, 6.45) is 3.67. The summed E-state index contributed by atoms with van der Waals surface area (Å²) in [5.41, 5.74) is 1.69. The zero-order valence-corrected chi connectivity index (χ0v) is 17.5. The SMILES string of the molecule is CC(c1ccccc1C1CCCC1)N(C(=O)c1c(C(F)F)nn(C)c1Cl)C1CC1. The van der Waals surface area contributed by atoms with E-state index >= 15 is 0 Å². The van der Waals surface area contributed by atoms with Gasteiger partial charge in [0.05, 0.1) is 6.04 Å². The second-order valence-corrected chi connectivity index (χ2v) is 8.56. The van der Waals surface area contributed by atoms with Gasteiger partial charge in [0.15, 0.2) is 0 Å². The molecule has 4 nitrogen and oxygen atoms in total. The van der Waals surface area contributed by atoms with Gasteiger partial charge in [-0.25, -0.2) is 8.78 Å². The molecule has 4 rings (SSSR count). The van der Waals surface area contributed by atoms with E-state index in [2.05, 4.69) is 17.2 Å². The minimum Gasteiger partial charge on any atom is -0.329 e. The molecule has 0 bridgehead atoms. The third kappa shape index (κ3) is 3.79. The van der Waals surface area contributed by atoms with Crippen LogP contribution in [0.1, 0.15) is 91.0 Å². The van der Waals surface area contributed by atoms with Gasteiger partial charge in [0.2, 0.25) is 0 Å². The van der Waals surface area contributed by atoms with Gasteiger partial charge in [-0.15, -0.1) is 0 Å². The maximum atomic E-state index is 13.5. The van der Waals surface area contributed by atoms with Crippen LogP contribution in [0.25, 0.3) is 0 Å². The normalized spacial score (nSPS) is 18.4. The van der Waals surface area contributed by atoms with Crippen LogP contribution in [-0.2, 0) is 7.05 Å². The topological polar surface area (TPSA) is 38.1 Å². The summed E-state index contributed by atoms with van der Waals surface area (Å²) >= 11 is 6.23. The number of rotatable bonds is 6. The van der Waals surface area contributed by atoms with Crippen LogP contribution in [0.2, 0.25) is 5.15 Å². The quantitative estimate of drug-likeness (QED) is 0.570. The fraction of sp³-hybridized carbons (Fsp3) is 0.545. The van der Waals surface area contributed by atoms with Gasteiger partial charge < -0.3 is 4.90 Å². The van der Waals surface area contributed by atoms with Gasteiger partial charge in [-0.3, -0.25) is 9.48 Å². The number of aryl methyl sites for hydroxylation is 1. The predicted molar refractivity (Wildman–Crippen MR) is 108 cm³/mol. The number of hydrogen-bond donors (Lipinski definition) is 0. The number of amides is 1. The molecule has 2 fully saturated rings. The van der Waals surface area contributed by atoms with Gasteiger partial charge in [-0.2, -0.15) is 5.10 Å². The molecule has 0 spiro atoms. The Morgan fingerprint density at radius 1 is 1.21 bits per heavy atom. The molecule has 2 saturated carbocycles. The van der Waals surface area contributed by atoms with Gasteiger partial charge in [0.1, 0.15) is 16.4 Å². The Balaban J connectivity index is 1.72. The summed E-state index contributed by atoms with van der Waals surface area (Å²) < 4.78 is 28.2. The number of nitrogens with zero attached hydrogens (tertiary/aromatic N) is 3. The molecule has 0 saturated heterocycles. The number of aromatic nitrogens is 2. The zero-order valence-electron chi connectivity index (χ0n) is 16.7. The lowest BCUT2D eigenvalue weighted by atomic mass is 9.89. The van der Waals surface area contributed by atoms with Crippen LogP contribution < -0.4 is 0 Å². The van der Waals surface area contributed by atoms with E-state index in [-0.39, 0.29) is 22.8 Å². The minimum absolute atomic E-state index is 0.0350. The fourth-order valence-electron chi connectivity index (χ4n) is 4.66. The predicted octanol–water partition coefficient (Wildman–Crippen LogP) is 6.03. The van der Waals surface area contributed by atoms with Crippen molar-refractivity contribution in [2.24, 2.45) is 7.05 Å². The molecule has 1 heterocycles. The molecule has 1 unspecified atom stereocenters. The van der Waals surface area contributed by atoms with Crippen LogP contribution in [0, 0.1) is 0 Å². The summed E-state index contributed by atoms with van der Waals surface area (Å²) in [5.74, 6) is 0.0537. The average molecular weight is 422 g/mol. The van der Waals surface area contributed by atoms with Gasteiger partial charge >= 0.3 is 0 Å². The molecule has 2 aliphatic rings. The second-order valence-electron chi connectivity index (χ2n) is 8.21. The van der Waals surface area contributed by atoms with Crippen molar-refractivity contribution in [3.8, 4) is 0 Å². The van der Waals surface area contributed by atoms with Crippen molar-refractivity contribution in [2.45, 2.75) is 69.9 Å². The Kier molecular flexibility index (Phi) is 5.65. The van der Waals surface area contributed by atoms with Crippen LogP contribution in [0.3, 0.4) is 0 Å². The molecule has 0 aliphatic heterocycles. The third-order valence-electron chi connectivity index (χ3n) is 6.26. The van der Waals surface area contributed by atoms with Crippen molar-refractivity contribution in [3.05, 3.63) is 51.8 Å². The van der Waals surface area contributed by atoms with Crippen molar-refractivity contribution < 1.29 is 13.6 Å². The maximum absolute atomic E-state index is 13.5. The van der Waals surface area contributed by atoms with Crippen molar-refractivity contribution >= 4 is 17.5 Å². The van der Waals surface area contributed by atoms with Gasteiger partial charge in [-0.05, 0) is 49.7 Å². The number of carbonyl (C=O) groups excluding carboxylic acids is 1. The number of hydrogen-bond acceptors (Lipinski definition) is 2. The number of halogens is 3. The molecule has 7 heteroatoms. The molecular formula is C22H26ClF2N3O. The van der Waals surface area contributed by atoms with E-state index in [1.807, 2.05) is 19.1 Å². The van der Waals surface area contributed by atoms with Crippen molar-refractivity contribution in [2.75, 3.05) is 0 Å². The largest absolute Gasteiger partial charge is 0.329 e. The van der Waals surface area contributed by atoms with E-state index < -0.39 is 18.0 Å². The summed E-state index contributed by atoms with van der Waals surface area (Å²) in [7, 11) is 1.48. The van der Waals surface area contributed by atoms with E-state index in [0.717, 1.165) is 35.9 Å².